The van der Waals surface area contributed by atoms with Gasteiger partial charge in [0, 0.05) is 10.6 Å². The molecule has 0 aromatic heterocycles. The molecule has 1 rings (SSSR count). The molecule has 5 heteroatoms. The van der Waals surface area contributed by atoms with E-state index < -0.39 is 14.0 Å². The summed E-state index contributed by atoms with van der Waals surface area (Å²) in [6, 6.07) is 9.54. The number of rotatable bonds is 4. The van der Waals surface area contributed by atoms with Gasteiger partial charge in [-0.3, -0.25) is 4.90 Å². The predicted molar refractivity (Wildman–Crippen MR) is 76.9 cm³/mol. The Morgan fingerprint density at radius 3 is 2.06 bits per heavy atom. The normalized spacial score (nSPS) is 15.2. The van der Waals surface area contributed by atoms with Gasteiger partial charge in [0.05, 0.1) is 0 Å². The van der Waals surface area contributed by atoms with E-state index in [4.69, 9.17) is 16.0 Å². The topological polar surface area (TPSA) is 36.3 Å². The third-order valence-electron chi connectivity index (χ3n) is 2.47. The molecule has 0 bridgehead atoms. The van der Waals surface area contributed by atoms with Crippen LogP contribution in [0, 0.1) is 11.3 Å². The molecular weight excluding hydrogens is 264 g/mol. The Kier molecular flexibility index (Phi) is 4.57. The minimum absolute atomic E-state index is 0.650. The molecular formula is C13H19ClN2OSi. The fourth-order valence-electron chi connectivity index (χ4n) is 1.71. The molecule has 0 spiro atoms. The smallest absolute Gasteiger partial charge is 0.227 e. The summed E-state index contributed by atoms with van der Waals surface area (Å²) in [6.07, 6.45) is 0. The van der Waals surface area contributed by atoms with E-state index in [1.807, 2.05) is 26.2 Å². The van der Waals surface area contributed by atoms with E-state index in [0.717, 1.165) is 5.56 Å². The molecule has 0 amide bonds. The molecule has 0 aliphatic carbocycles. The second-order valence-corrected chi connectivity index (χ2v) is 10.2. The standard InChI is InChI=1S/C13H19ClN2OSi/c1-16(2)13(10-15,17-18(3,4)5)11-6-8-12(14)9-7-11/h6-9H,1-5H3. The maximum atomic E-state index is 9.61. The lowest BCUT2D eigenvalue weighted by atomic mass is 10.0. The first kappa shape index (κ1) is 15.2. The monoisotopic (exact) mass is 282 g/mol. The van der Waals surface area contributed by atoms with Crippen molar-refractivity contribution in [3.63, 3.8) is 0 Å². The van der Waals surface area contributed by atoms with Crippen LogP contribution >= 0.6 is 11.6 Å². The average molecular weight is 283 g/mol. The maximum absolute atomic E-state index is 9.61. The van der Waals surface area contributed by atoms with Crippen molar-refractivity contribution >= 4 is 19.9 Å². The number of nitriles is 1. The van der Waals surface area contributed by atoms with Crippen molar-refractivity contribution in [2.24, 2.45) is 0 Å². The van der Waals surface area contributed by atoms with Crippen LogP contribution in [0.4, 0.5) is 0 Å². The SMILES string of the molecule is CN(C)C(C#N)(O[Si](C)(C)C)c1ccc(Cl)cc1. The molecule has 0 aliphatic rings. The van der Waals surface area contributed by atoms with Gasteiger partial charge in [-0.25, -0.2) is 0 Å². The lowest BCUT2D eigenvalue weighted by molar-refractivity contribution is -0.0178. The van der Waals surface area contributed by atoms with E-state index in [2.05, 4.69) is 25.7 Å². The molecule has 0 heterocycles. The van der Waals surface area contributed by atoms with Crippen molar-refractivity contribution in [2.45, 2.75) is 25.4 Å². The third-order valence-corrected chi connectivity index (χ3v) is 3.63. The molecule has 1 aromatic carbocycles. The average Bonchev–Trinajstić information content (AvgIpc) is 2.25. The van der Waals surface area contributed by atoms with Crippen LogP contribution in [0.25, 0.3) is 0 Å². The Labute approximate surface area is 115 Å². The third kappa shape index (κ3) is 3.33. The highest BCUT2D eigenvalue weighted by Crippen LogP contribution is 2.31. The lowest BCUT2D eigenvalue weighted by Gasteiger charge is -2.38. The molecule has 1 atom stereocenters. The number of hydrogen-bond acceptors (Lipinski definition) is 3. The van der Waals surface area contributed by atoms with Crippen molar-refractivity contribution in [2.75, 3.05) is 14.1 Å². The zero-order valence-corrected chi connectivity index (χ0v) is 13.2. The highest BCUT2D eigenvalue weighted by atomic mass is 35.5. The number of hydrogen-bond donors (Lipinski definition) is 0. The van der Waals surface area contributed by atoms with Crippen molar-refractivity contribution in [1.82, 2.24) is 4.90 Å². The summed E-state index contributed by atoms with van der Waals surface area (Å²) in [7, 11) is 1.82. The van der Waals surface area contributed by atoms with Gasteiger partial charge in [0.1, 0.15) is 6.07 Å². The summed E-state index contributed by atoms with van der Waals surface area (Å²) >= 11 is 5.89. The second kappa shape index (κ2) is 5.41. The largest absolute Gasteiger partial charge is 0.385 e. The van der Waals surface area contributed by atoms with Crippen LogP contribution < -0.4 is 0 Å². The molecule has 0 saturated carbocycles. The number of halogens is 1. The van der Waals surface area contributed by atoms with Gasteiger partial charge in [-0.05, 0) is 45.9 Å². The van der Waals surface area contributed by atoms with Crippen molar-refractivity contribution in [3.8, 4) is 6.07 Å². The van der Waals surface area contributed by atoms with Crippen LogP contribution in [0.3, 0.4) is 0 Å². The summed E-state index contributed by atoms with van der Waals surface area (Å²) < 4.78 is 6.12. The van der Waals surface area contributed by atoms with Crippen LogP contribution in [-0.2, 0) is 10.2 Å². The first-order chi connectivity index (χ1) is 8.21. The molecule has 3 nitrogen and oxygen atoms in total. The molecule has 0 aliphatic heterocycles. The van der Waals surface area contributed by atoms with Crippen LogP contribution in [0.15, 0.2) is 24.3 Å². The van der Waals surface area contributed by atoms with E-state index in [9.17, 15) is 5.26 Å². The van der Waals surface area contributed by atoms with E-state index in [1.165, 1.54) is 0 Å². The number of benzene rings is 1. The van der Waals surface area contributed by atoms with Gasteiger partial charge < -0.3 is 4.43 Å². The Hall–Kier alpha value is -0.863. The highest BCUT2D eigenvalue weighted by Gasteiger charge is 2.40. The first-order valence-corrected chi connectivity index (χ1v) is 9.55. The van der Waals surface area contributed by atoms with Crippen LogP contribution in [-0.4, -0.2) is 27.3 Å². The molecule has 0 saturated heterocycles. The van der Waals surface area contributed by atoms with Gasteiger partial charge in [0.15, 0.2) is 8.32 Å². The minimum Gasteiger partial charge on any atom is -0.385 e. The Morgan fingerprint density at radius 1 is 1.22 bits per heavy atom. The van der Waals surface area contributed by atoms with Gasteiger partial charge in [-0.15, -0.1) is 0 Å². The summed E-state index contributed by atoms with van der Waals surface area (Å²) in [5.74, 6) is 0. The second-order valence-electron chi connectivity index (χ2n) is 5.37. The van der Waals surface area contributed by atoms with Crippen molar-refractivity contribution < 1.29 is 4.43 Å². The van der Waals surface area contributed by atoms with Crippen molar-refractivity contribution in [3.05, 3.63) is 34.9 Å². The fraction of sp³-hybridized carbons (Fsp3) is 0.462. The predicted octanol–water partition coefficient (Wildman–Crippen LogP) is 3.43. The highest BCUT2D eigenvalue weighted by molar-refractivity contribution is 6.69. The van der Waals surface area contributed by atoms with Gasteiger partial charge in [-0.2, -0.15) is 5.26 Å². The van der Waals surface area contributed by atoms with Crippen LogP contribution in [0.5, 0.6) is 0 Å². The van der Waals surface area contributed by atoms with E-state index in [0.29, 0.717) is 5.02 Å². The van der Waals surface area contributed by atoms with E-state index >= 15 is 0 Å². The summed E-state index contributed by atoms with van der Waals surface area (Å²) in [6.45, 7) is 6.20. The van der Waals surface area contributed by atoms with E-state index in [1.54, 1.807) is 17.0 Å². The molecule has 0 radical (unpaired) electrons. The first-order valence-electron chi connectivity index (χ1n) is 5.76. The summed E-state index contributed by atoms with van der Waals surface area (Å²) in [5.41, 5.74) is -0.239. The minimum atomic E-state index is -1.87. The van der Waals surface area contributed by atoms with Gasteiger partial charge in [-0.1, -0.05) is 23.7 Å². The Balaban J connectivity index is 3.29. The zero-order chi connectivity index (χ0) is 14.0. The Morgan fingerprint density at radius 2 is 1.72 bits per heavy atom. The van der Waals surface area contributed by atoms with Crippen LogP contribution in [0.1, 0.15) is 5.56 Å². The number of nitrogens with zero attached hydrogens (tertiary/aromatic N) is 2. The molecule has 1 unspecified atom stereocenters. The molecule has 0 fully saturated rings. The van der Waals surface area contributed by atoms with Gasteiger partial charge in [0.25, 0.3) is 0 Å². The quantitative estimate of drug-likeness (QED) is 0.627. The molecule has 18 heavy (non-hydrogen) atoms. The Bertz CT molecular complexity index is 448. The van der Waals surface area contributed by atoms with E-state index in [-0.39, 0.29) is 0 Å². The molecule has 1 aromatic rings. The zero-order valence-electron chi connectivity index (χ0n) is 11.5. The molecule has 0 N–H and O–H groups in total. The van der Waals surface area contributed by atoms with Crippen LogP contribution in [0.2, 0.25) is 24.7 Å². The lowest BCUT2D eigenvalue weighted by Crippen LogP contribution is -2.49. The summed E-state index contributed by atoms with van der Waals surface area (Å²) in [4.78, 5) is 1.80. The van der Waals surface area contributed by atoms with Gasteiger partial charge >= 0.3 is 0 Å². The van der Waals surface area contributed by atoms with Gasteiger partial charge in [0.2, 0.25) is 5.72 Å². The fourth-order valence-corrected chi connectivity index (χ4v) is 3.07. The summed E-state index contributed by atoms with van der Waals surface area (Å²) in [5, 5.41) is 10.3. The van der Waals surface area contributed by atoms with Crippen molar-refractivity contribution in [1.29, 1.82) is 5.26 Å². The molecule has 98 valence electrons. The maximum Gasteiger partial charge on any atom is 0.227 e.